The summed E-state index contributed by atoms with van der Waals surface area (Å²) in [6.45, 7) is 2.18. The predicted molar refractivity (Wildman–Crippen MR) is 142 cm³/mol. The third kappa shape index (κ3) is 5.73. The molecule has 4 aromatic rings. The van der Waals surface area contributed by atoms with E-state index in [1.165, 1.54) is 23.1 Å². The Kier molecular flexibility index (Phi) is 7.86. The first-order valence-corrected chi connectivity index (χ1v) is 13.8. The number of unbranched alkanes of at least 4 members (excludes halogenated alkanes) is 1. The van der Waals surface area contributed by atoms with E-state index in [4.69, 9.17) is 5.10 Å². The molecule has 0 unspecified atom stereocenters. The van der Waals surface area contributed by atoms with E-state index in [-0.39, 0.29) is 9.80 Å². The number of hydrogen-bond acceptors (Lipinski definition) is 5. The van der Waals surface area contributed by atoms with Crippen LogP contribution in [0.3, 0.4) is 0 Å². The Morgan fingerprint density at radius 2 is 1.66 bits per heavy atom. The normalized spacial score (nSPS) is 11.8. The highest BCUT2D eigenvalue weighted by Gasteiger charge is 2.22. The molecule has 0 aliphatic heterocycles. The van der Waals surface area contributed by atoms with Crippen molar-refractivity contribution >= 4 is 27.7 Å². The van der Waals surface area contributed by atoms with Gasteiger partial charge in [0.25, 0.3) is 0 Å². The molecule has 0 aliphatic rings. The number of benzene rings is 3. The summed E-state index contributed by atoms with van der Waals surface area (Å²) in [5.74, 6) is 1.06. The van der Waals surface area contributed by atoms with Crippen LogP contribution < -0.4 is 0 Å². The molecule has 0 bridgehead atoms. The Labute approximate surface area is 210 Å². The van der Waals surface area contributed by atoms with Crippen LogP contribution >= 0.6 is 11.8 Å². The van der Waals surface area contributed by atoms with Gasteiger partial charge in [0.05, 0.1) is 10.6 Å². The molecule has 1 aromatic heterocycles. The minimum Gasteiger partial charge on any atom is -0.240 e. The van der Waals surface area contributed by atoms with Crippen molar-refractivity contribution in [2.24, 2.45) is 0 Å². The lowest BCUT2D eigenvalue weighted by molar-refractivity contribution is 0.603. The summed E-state index contributed by atoms with van der Waals surface area (Å²) in [6.07, 6.45) is 5.49. The minimum atomic E-state index is -3.96. The van der Waals surface area contributed by atoms with Crippen LogP contribution in [-0.2, 0) is 9.84 Å². The summed E-state index contributed by atoms with van der Waals surface area (Å²) in [6, 6.07) is 27.5. The van der Waals surface area contributed by atoms with Crippen molar-refractivity contribution in [1.82, 2.24) is 9.78 Å². The van der Waals surface area contributed by atoms with E-state index in [0.29, 0.717) is 11.3 Å². The second-order valence-corrected chi connectivity index (χ2v) is 11.0. The molecule has 0 saturated heterocycles. The molecule has 0 fully saturated rings. The molecule has 35 heavy (non-hydrogen) atoms. The van der Waals surface area contributed by atoms with Crippen molar-refractivity contribution in [2.75, 3.05) is 5.75 Å². The van der Waals surface area contributed by atoms with E-state index >= 15 is 0 Å². The highest BCUT2D eigenvalue weighted by Crippen LogP contribution is 2.30. The summed E-state index contributed by atoms with van der Waals surface area (Å²) in [5.41, 5.74) is 2.84. The van der Waals surface area contributed by atoms with Gasteiger partial charge in [-0.15, -0.1) is 11.8 Å². The predicted octanol–water partition coefficient (Wildman–Crippen LogP) is 6.77. The summed E-state index contributed by atoms with van der Waals surface area (Å²) in [4.78, 5) is 0.925. The zero-order chi connectivity index (χ0) is 24.7. The average Bonchev–Trinajstić information content (AvgIpc) is 3.32. The maximum absolute atomic E-state index is 13.1. The number of hydrogen-bond donors (Lipinski definition) is 0. The van der Waals surface area contributed by atoms with Crippen LogP contribution in [0.1, 0.15) is 25.3 Å². The fraction of sp³-hybridized carbons (Fsp3) is 0.143. The molecular weight excluding hydrogens is 474 g/mol. The van der Waals surface area contributed by atoms with Crippen LogP contribution in [0.2, 0.25) is 0 Å². The molecule has 0 atom stereocenters. The SMILES string of the molecule is CCCCSc1ccc(-c2nn(-c3ccccc3)cc2/C=C(/C#N)S(=O)(=O)c2ccccc2)cc1. The van der Waals surface area contributed by atoms with E-state index < -0.39 is 9.84 Å². The second-order valence-electron chi connectivity index (χ2n) is 7.88. The zero-order valence-corrected chi connectivity index (χ0v) is 21.0. The lowest BCUT2D eigenvalue weighted by atomic mass is 10.1. The number of sulfone groups is 1. The largest absolute Gasteiger partial charge is 0.240 e. The molecule has 3 aromatic carbocycles. The van der Waals surface area contributed by atoms with Crippen LogP contribution in [0.4, 0.5) is 0 Å². The van der Waals surface area contributed by atoms with Crippen molar-refractivity contribution in [2.45, 2.75) is 29.6 Å². The summed E-state index contributed by atoms with van der Waals surface area (Å²) >= 11 is 1.81. The molecule has 0 aliphatic carbocycles. The maximum Gasteiger partial charge on any atom is 0.216 e. The first-order valence-electron chi connectivity index (χ1n) is 11.3. The van der Waals surface area contributed by atoms with Crippen LogP contribution in [-0.4, -0.2) is 24.0 Å². The highest BCUT2D eigenvalue weighted by atomic mass is 32.2. The fourth-order valence-corrected chi connectivity index (χ4v) is 5.68. The van der Waals surface area contributed by atoms with E-state index in [1.54, 1.807) is 29.1 Å². The van der Waals surface area contributed by atoms with Gasteiger partial charge < -0.3 is 0 Å². The number of para-hydroxylation sites is 1. The Balaban J connectivity index is 1.79. The molecular formula is C28H25N3O2S2. The molecule has 0 saturated carbocycles. The third-order valence-electron chi connectivity index (χ3n) is 5.40. The fourth-order valence-electron chi connectivity index (χ4n) is 3.51. The average molecular weight is 500 g/mol. The first-order chi connectivity index (χ1) is 17.0. The molecule has 0 radical (unpaired) electrons. The quantitative estimate of drug-likeness (QED) is 0.144. The summed E-state index contributed by atoms with van der Waals surface area (Å²) in [5, 5.41) is 14.5. The Hall–Kier alpha value is -3.60. The van der Waals surface area contributed by atoms with Crippen molar-refractivity contribution in [1.29, 1.82) is 5.26 Å². The van der Waals surface area contributed by atoms with Gasteiger partial charge in [-0.25, -0.2) is 13.1 Å². The minimum absolute atomic E-state index is 0.0817. The first kappa shape index (κ1) is 24.5. The van der Waals surface area contributed by atoms with Gasteiger partial charge >= 0.3 is 0 Å². The van der Waals surface area contributed by atoms with E-state index in [0.717, 1.165) is 29.8 Å². The monoisotopic (exact) mass is 499 g/mol. The smallest absolute Gasteiger partial charge is 0.216 e. The molecule has 0 N–H and O–H groups in total. The van der Waals surface area contributed by atoms with Gasteiger partial charge in [0.15, 0.2) is 0 Å². The number of nitrogens with zero attached hydrogens (tertiary/aromatic N) is 3. The van der Waals surface area contributed by atoms with Gasteiger partial charge in [-0.1, -0.05) is 61.9 Å². The van der Waals surface area contributed by atoms with Gasteiger partial charge in [0.2, 0.25) is 9.84 Å². The lowest BCUT2D eigenvalue weighted by Gasteiger charge is -2.05. The van der Waals surface area contributed by atoms with Crippen LogP contribution in [0.25, 0.3) is 23.0 Å². The Morgan fingerprint density at radius 3 is 2.29 bits per heavy atom. The molecule has 4 rings (SSSR count). The number of thioether (sulfide) groups is 1. The van der Waals surface area contributed by atoms with Crippen LogP contribution in [0.5, 0.6) is 0 Å². The van der Waals surface area contributed by atoms with Gasteiger partial charge in [0, 0.05) is 22.2 Å². The topological polar surface area (TPSA) is 75.8 Å². The molecule has 1 heterocycles. The molecule has 176 valence electrons. The number of rotatable bonds is 9. The Bertz CT molecular complexity index is 1450. The summed E-state index contributed by atoms with van der Waals surface area (Å²) < 4.78 is 28.0. The molecule has 0 amide bonds. The Morgan fingerprint density at radius 1 is 1.00 bits per heavy atom. The zero-order valence-electron chi connectivity index (χ0n) is 19.3. The summed E-state index contributed by atoms with van der Waals surface area (Å²) in [7, 11) is -3.96. The molecule has 5 nitrogen and oxygen atoms in total. The number of nitriles is 1. The van der Waals surface area contributed by atoms with Crippen molar-refractivity contribution < 1.29 is 8.42 Å². The standard InChI is InChI=1S/C28H25N3O2S2/c1-2-3-18-34-25-16-14-22(15-17-25)28-23(21-31(30-28)24-10-6-4-7-11-24)19-27(20-29)35(32,33)26-12-8-5-9-13-26/h4-17,19,21H,2-3,18H2,1H3/b27-19-. The van der Waals surface area contributed by atoms with E-state index in [1.807, 2.05) is 60.3 Å². The van der Waals surface area contributed by atoms with Gasteiger partial charge in [0.1, 0.15) is 16.7 Å². The molecule has 7 heteroatoms. The number of aromatic nitrogens is 2. The van der Waals surface area contributed by atoms with Crippen molar-refractivity contribution in [3.8, 4) is 23.0 Å². The van der Waals surface area contributed by atoms with Crippen molar-refractivity contribution in [3.05, 3.63) is 102 Å². The van der Waals surface area contributed by atoms with Crippen molar-refractivity contribution in [3.63, 3.8) is 0 Å². The second kappa shape index (κ2) is 11.2. The van der Waals surface area contributed by atoms with Gasteiger partial charge in [-0.2, -0.15) is 10.4 Å². The lowest BCUT2D eigenvalue weighted by Crippen LogP contribution is -2.03. The third-order valence-corrected chi connectivity index (χ3v) is 8.18. The van der Waals surface area contributed by atoms with Gasteiger partial charge in [-0.3, -0.25) is 0 Å². The van der Waals surface area contributed by atoms with E-state index in [9.17, 15) is 13.7 Å². The number of allylic oxidation sites excluding steroid dienone is 1. The molecule has 0 spiro atoms. The maximum atomic E-state index is 13.1. The van der Waals surface area contributed by atoms with E-state index in [2.05, 4.69) is 19.1 Å². The van der Waals surface area contributed by atoms with Gasteiger partial charge in [-0.05, 0) is 54.6 Å². The highest BCUT2D eigenvalue weighted by molar-refractivity contribution is 7.99. The van der Waals surface area contributed by atoms with Crippen LogP contribution in [0.15, 0.2) is 106 Å². The van der Waals surface area contributed by atoms with Crippen LogP contribution in [0, 0.1) is 11.3 Å².